The van der Waals surface area contributed by atoms with Crippen LogP contribution in [0.1, 0.15) is 5.56 Å². The highest BCUT2D eigenvalue weighted by atomic mass is 35.5. The van der Waals surface area contributed by atoms with Crippen molar-refractivity contribution in [1.82, 2.24) is 4.90 Å². The topological polar surface area (TPSA) is 50.8 Å². The van der Waals surface area contributed by atoms with Gasteiger partial charge in [-0.15, -0.1) is 0 Å². The van der Waals surface area contributed by atoms with Gasteiger partial charge in [-0.2, -0.15) is 0 Å². The van der Waals surface area contributed by atoms with E-state index in [1.807, 2.05) is 30.1 Å². The molecule has 2 rings (SSSR count). The molecule has 0 unspecified atom stereocenters. The van der Waals surface area contributed by atoms with Crippen LogP contribution in [0.25, 0.3) is 0 Å². The van der Waals surface area contributed by atoms with E-state index in [9.17, 15) is 4.79 Å². The van der Waals surface area contributed by atoms with Crippen molar-refractivity contribution in [1.29, 1.82) is 0 Å². The van der Waals surface area contributed by atoms with Crippen LogP contribution < -0.4 is 14.8 Å². The molecule has 0 heterocycles. The maximum absolute atomic E-state index is 12.2. The van der Waals surface area contributed by atoms with Gasteiger partial charge in [0.05, 0.1) is 30.8 Å². The summed E-state index contributed by atoms with van der Waals surface area (Å²) in [5.74, 6) is 1.20. The van der Waals surface area contributed by atoms with E-state index >= 15 is 0 Å². The molecule has 2 aromatic rings. The zero-order chi connectivity index (χ0) is 18.4. The fraction of sp³-hybridized carbons (Fsp3) is 0.278. The maximum Gasteiger partial charge on any atom is 0.238 e. The van der Waals surface area contributed by atoms with Crippen molar-refractivity contribution < 1.29 is 14.3 Å². The SMILES string of the molecule is COc1ccc(CN(C)CC(=O)Nc2ccc(Cl)c(Cl)c2)cc1OC. The lowest BCUT2D eigenvalue weighted by atomic mass is 10.2. The Kier molecular flexibility index (Phi) is 6.93. The van der Waals surface area contributed by atoms with E-state index in [0.29, 0.717) is 33.8 Å². The average molecular weight is 383 g/mol. The molecule has 0 aliphatic rings. The second-order valence-corrected chi connectivity index (χ2v) is 6.35. The fourth-order valence-corrected chi connectivity index (χ4v) is 2.66. The predicted molar refractivity (Wildman–Crippen MR) is 101 cm³/mol. The van der Waals surface area contributed by atoms with Gasteiger partial charge in [-0.25, -0.2) is 0 Å². The molecule has 0 radical (unpaired) electrons. The van der Waals surface area contributed by atoms with Gasteiger partial charge in [0.15, 0.2) is 11.5 Å². The number of nitrogens with one attached hydrogen (secondary N) is 1. The Morgan fingerprint density at radius 1 is 1.04 bits per heavy atom. The first kappa shape index (κ1) is 19.4. The van der Waals surface area contributed by atoms with Gasteiger partial charge >= 0.3 is 0 Å². The molecule has 0 saturated carbocycles. The molecule has 7 heteroatoms. The van der Waals surface area contributed by atoms with Crippen molar-refractivity contribution in [3.8, 4) is 11.5 Å². The molecule has 0 bridgehead atoms. The second-order valence-electron chi connectivity index (χ2n) is 5.54. The van der Waals surface area contributed by atoms with Crippen molar-refractivity contribution in [2.24, 2.45) is 0 Å². The summed E-state index contributed by atoms with van der Waals surface area (Å²) >= 11 is 11.8. The molecule has 0 spiro atoms. The van der Waals surface area contributed by atoms with Gasteiger partial charge < -0.3 is 14.8 Å². The highest BCUT2D eigenvalue weighted by molar-refractivity contribution is 6.42. The van der Waals surface area contributed by atoms with Gasteiger partial charge in [0, 0.05) is 12.2 Å². The van der Waals surface area contributed by atoms with Gasteiger partial charge in [-0.3, -0.25) is 9.69 Å². The van der Waals surface area contributed by atoms with Crippen LogP contribution in [0.4, 0.5) is 5.69 Å². The number of methoxy groups -OCH3 is 2. The van der Waals surface area contributed by atoms with E-state index in [1.54, 1.807) is 32.4 Å². The van der Waals surface area contributed by atoms with Gasteiger partial charge in [0.25, 0.3) is 0 Å². The predicted octanol–water partition coefficient (Wildman–Crippen LogP) is 4.08. The van der Waals surface area contributed by atoms with E-state index in [2.05, 4.69) is 5.32 Å². The Labute approximate surface area is 157 Å². The number of ether oxygens (including phenoxy) is 2. The Bertz CT molecular complexity index is 753. The van der Waals surface area contributed by atoms with E-state index < -0.39 is 0 Å². The summed E-state index contributed by atoms with van der Waals surface area (Å²) < 4.78 is 10.5. The first-order chi connectivity index (χ1) is 11.9. The number of rotatable bonds is 7. The summed E-state index contributed by atoms with van der Waals surface area (Å²) in [5.41, 5.74) is 1.63. The Morgan fingerprint density at radius 2 is 1.76 bits per heavy atom. The quantitative estimate of drug-likeness (QED) is 0.783. The Hall–Kier alpha value is -1.95. The molecule has 1 N–H and O–H groups in total. The van der Waals surface area contributed by atoms with Crippen molar-refractivity contribution in [2.45, 2.75) is 6.54 Å². The summed E-state index contributed by atoms with van der Waals surface area (Å²) in [5, 5.41) is 3.65. The largest absolute Gasteiger partial charge is 0.493 e. The van der Waals surface area contributed by atoms with Gasteiger partial charge in [-0.1, -0.05) is 29.3 Å². The summed E-state index contributed by atoms with van der Waals surface area (Å²) in [6.45, 7) is 0.823. The molecular weight excluding hydrogens is 363 g/mol. The molecule has 25 heavy (non-hydrogen) atoms. The number of anilines is 1. The minimum atomic E-state index is -0.138. The molecule has 0 fully saturated rings. The van der Waals surface area contributed by atoms with Crippen molar-refractivity contribution >= 4 is 34.8 Å². The average Bonchev–Trinajstić information content (AvgIpc) is 2.57. The molecule has 0 aliphatic carbocycles. The normalized spacial score (nSPS) is 10.6. The number of halogens is 2. The third kappa shape index (κ3) is 5.53. The van der Waals surface area contributed by atoms with Crippen LogP contribution >= 0.6 is 23.2 Å². The first-order valence-electron chi connectivity index (χ1n) is 7.57. The summed E-state index contributed by atoms with van der Waals surface area (Å²) in [4.78, 5) is 14.1. The third-order valence-corrected chi connectivity index (χ3v) is 4.26. The van der Waals surface area contributed by atoms with Crippen LogP contribution in [0.2, 0.25) is 10.0 Å². The van der Waals surface area contributed by atoms with Crippen LogP contribution in [0.15, 0.2) is 36.4 Å². The molecule has 1 amide bonds. The van der Waals surface area contributed by atoms with Gasteiger partial charge in [0.1, 0.15) is 0 Å². The van der Waals surface area contributed by atoms with Crippen LogP contribution in [-0.2, 0) is 11.3 Å². The molecule has 0 atom stereocenters. The van der Waals surface area contributed by atoms with Crippen molar-refractivity contribution in [3.63, 3.8) is 0 Å². The number of amides is 1. The Balaban J connectivity index is 1.94. The number of hydrogen-bond acceptors (Lipinski definition) is 4. The van der Waals surface area contributed by atoms with E-state index in [0.717, 1.165) is 5.56 Å². The summed E-state index contributed by atoms with van der Waals surface area (Å²) in [6, 6.07) is 10.7. The zero-order valence-electron chi connectivity index (χ0n) is 14.3. The zero-order valence-corrected chi connectivity index (χ0v) is 15.8. The number of nitrogens with zero attached hydrogens (tertiary/aromatic N) is 1. The summed E-state index contributed by atoms with van der Waals surface area (Å²) in [6.07, 6.45) is 0. The lowest BCUT2D eigenvalue weighted by molar-refractivity contribution is -0.117. The molecule has 2 aromatic carbocycles. The third-order valence-electron chi connectivity index (χ3n) is 3.52. The summed E-state index contributed by atoms with van der Waals surface area (Å²) in [7, 11) is 5.05. The molecule has 5 nitrogen and oxygen atoms in total. The van der Waals surface area contributed by atoms with Crippen molar-refractivity contribution in [3.05, 3.63) is 52.0 Å². The number of likely N-dealkylation sites (N-methyl/N-ethyl adjacent to an activating group) is 1. The smallest absolute Gasteiger partial charge is 0.238 e. The second kappa shape index (κ2) is 8.94. The Morgan fingerprint density at radius 3 is 2.40 bits per heavy atom. The highest BCUT2D eigenvalue weighted by Gasteiger charge is 2.10. The van der Waals surface area contributed by atoms with Crippen LogP contribution in [0, 0.1) is 0 Å². The van der Waals surface area contributed by atoms with Gasteiger partial charge in [-0.05, 0) is 42.9 Å². The number of hydrogen-bond donors (Lipinski definition) is 1. The number of benzene rings is 2. The molecule has 0 saturated heterocycles. The lowest BCUT2D eigenvalue weighted by Gasteiger charge is -2.17. The van der Waals surface area contributed by atoms with Crippen LogP contribution in [-0.4, -0.2) is 38.6 Å². The van der Waals surface area contributed by atoms with E-state index in [1.165, 1.54) is 0 Å². The molecule has 0 aromatic heterocycles. The minimum Gasteiger partial charge on any atom is -0.493 e. The van der Waals surface area contributed by atoms with Crippen LogP contribution in [0.3, 0.4) is 0 Å². The number of carbonyl (C=O) groups excluding carboxylic acids is 1. The highest BCUT2D eigenvalue weighted by Crippen LogP contribution is 2.28. The van der Waals surface area contributed by atoms with E-state index in [4.69, 9.17) is 32.7 Å². The molecular formula is C18H20Cl2N2O3. The maximum atomic E-state index is 12.2. The molecule has 134 valence electrons. The molecule has 0 aliphatic heterocycles. The monoisotopic (exact) mass is 382 g/mol. The fourth-order valence-electron chi connectivity index (χ4n) is 2.37. The van der Waals surface area contributed by atoms with Crippen molar-refractivity contribution in [2.75, 3.05) is 33.1 Å². The lowest BCUT2D eigenvalue weighted by Crippen LogP contribution is -2.29. The number of carbonyl (C=O) groups is 1. The van der Waals surface area contributed by atoms with E-state index in [-0.39, 0.29) is 12.5 Å². The van der Waals surface area contributed by atoms with Crippen LogP contribution in [0.5, 0.6) is 11.5 Å². The van der Waals surface area contributed by atoms with Gasteiger partial charge in [0.2, 0.25) is 5.91 Å². The first-order valence-corrected chi connectivity index (χ1v) is 8.33. The minimum absolute atomic E-state index is 0.138. The standard InChI is InChI=1S/C18H20Cl2N2O3/c1-22(10-12-4-7-16(24-2)17(8-12)25-3)11-18(23)21-13-5-6-14(19)15(20)9-13/h4-9H,10-11H2,1-3H3,(H,21,23).